The molecule has 2 aliphatic rings. The number of piperidine rings is 1. The first-order valence-corrected chi connectivity index (χ1v) is 7.04. The molecular weight excluding hydrogens is 258 g/mol. The van der Waals surface area contributed by atoms with E-state index in [9.17, 15) is 4.79 Å². The van der Waals surface area contributed by atoms with E-state index in [1.165, 1.54) is 0 Å². The Labute approximate surface area is 118 Å². The van der Waals surface area contributed by atoms with Gasteiger partial charge in [0.1, 0.15) is 11.9 Å². The molecule has 0 saturated carbocycles. The van der Waals surface area contributed by atoms with Gasteiger partial charge in [0.2, 0.25) is 0 Å². The Morgan fingerprint density at radius 1 is 1.25 bits per heavy atom. The van der Waals surface area contributed by atoms with Gasteiger partial charge < -0.3 is 19.5 Å². The molecule has 2 heterocycles. The van der Waals surface area contributed by atoms with E-state index < -0.39 is 6.16 Å². The van der Waals surface area contributed by atoms with Crippen LogP contribution in [0.1, 0.15) is 19.3 Å². The van der Waals surface area contributed by atoms with Crippen LogP contribution in [0.25, 0.3) is 0 Å². The Morgan fingerprint density at radius 2 is 2.00 bits per heavy atom. The third-order valence-corrected chi connectivity index (χ3v) is 3.90. The summed E-state index contributed by atoms with van der Waals surface area (Å²) in [5, 5.41) is 3.31. The average Bonchev–Trinajstić information content (AvgIpc) is 2.83. The van der Waals surface area contributed by atoms with Gasteiger partial charge in [-0.3, -0.25) is 0 Å². The molecular formula is C15H19NO4. The van der Waals surface area contributed by atoms with Gasteiger partial charge in [0.15, 0.2) is 0 Å². The lowest BCUT2D eigenvalue weighted by Gasteiger charge is -2.32. The molecule has 108 valence electrons. The minimum absolute atomic E-state index is 0.108. The molecule has 1 aromatic rings. The van der Waals surface area contributed by atoms with E-state index in [0.29, 0.717) is 12.4 Å². The van der Waals surface area contributed by atoms with Crippen molar-refractivity contribution >= 4 is 6.16 Å². The first-order valence-electron chi connectivity index (χ1n) is 7.04. The van der Waals surface area contributed by atoms with Crippen LogP contribution < -0.4 is 10.1 Å². The lowest BCUT2D eigenvalue weighted by Crippen LogP contribution is -2.41. The number of hydrogen-bond acceptors (Lipinski definition) is 5. The fraction of sp³-hybridized carbons (Fsp3) is 0.533. The number of benzene rings is 1. The van der Waals surface area contributed by atoms with Crippen LogP contribution >= 0.6 is 0 Å². The van der Waals surface area contributed by atoms with Gasteiger partial charge in [-0.25, -0.2) is 4.79 Å². The van der Waals surface area contributed by atoms with E-state index in [0.717, 1.165) is 32.4 Å². The van der Waals surface area contributed by atoms with Crippen LogP contribution in [0.4, 0.5) is 4.79 Å². The maximum atomic E-state index is 11.7. The third kappa shape index (κ3) is 3.11. The lowest BCUT2D eigenvalue weighted by molar-refractivity contribution is -0.0219. The normalized spacial score (nSPS) is 24.5. The molecule has 0 bridgehead atoms. The summed E-state index contributed by atoms with van der Waals surface area (Å²) in [6, 6.07) is 8.93. The Morgan fingerprint density at radius 3 is 2.75 bits per heavy atom. The fourth-order valence-corrected chi connectivity index (χ4v) is 2.85. The summed E-state index contributed by atoms with van der Waals surface area (Å²) < 4.78 is 16.3. The minimum atomic E-state index is -0.657. The van der Waals surface area contributed by atoms with Gasteiger partial charge in [-0.2, -0.15) is 0 Å². The molecule has 2 fully saturated rings. The van der Waals surface area contributed by atoms with Crippen LogP contribution in [0, 0.1) is 0 Å². The van der Waals surface area contributed by atoms with E-state index in [2.05, 4.69) is 5.32 Å². The van der Waals surface area contributed by atoms with E-state index in [4.69, 9.17) is 14.2 Å². The van der Waals surface area contributed by atoms with Crippen LogP contribution in [0.5, 0.6) is 5.75 Å². The number of nitrogens with one attached hydrogen (secondary N) is 1. The fourth-order valence-electron chi connectivity index (χ4n) is 2.85. The Hall–Kier alpha value is -1.59. The first kappa shape index (κ1) is 13.4. The molecule has 5 nitrogen and oxygen atoms in total. The average molecular weight is 277 g/mol. The highest BCUT2D eigenvalue weighted by molar-refractivity contribution is 5.64. The molecule has 0 radical (unpaired) electrons. The second-order valence-electron chi connectivity index (χ2n) is 5.35. The van der Waals surface area contributed by atoms with Crippen LogP contribution in [0.3, 0.4) is 0 Å². The largest absolute Gasteiger partial charge is 0.514 e. The summed E-state index contributed by atoms with van der Waals surface area (Å²) in [7, 11) is 0. The van der Waals surface area contributed by atoms with E-state index >= 15 is 0 Å². The van der Waals surface area contributed by atoms with Crippen molar-refractivity contribution < 1.29 is 19.0 Å². The Bertz CT molecular complexity index is 456. The maximum Gasteiger partial charge on any atom is 0.514 e. The van der Waals surface area contributed by atoms with E-state index in [-0.39, 0.29) is 11.7 Å². The monoisotopic (exact) mass is 277 g/mol. The summed E-state index contributed by atoms with van der Waals surface area (Å²) in [6.45, 7) is 2.38. The SMILES string of the molecule is O=C(Oc1ccccc1)OC1COC2(CCNCC2)C1. The summed E-state index contributed by atoms with van der Waals surface area (Å²) in [4.78, 5) is 11.7. The van der Waals surface area contributed by atoms with Crippen molar-refractivity contribution in [3.63, 3.8) is 0 Å². The molecule has 1 atom stereocenters. The van der Waals surface area contributed by atoms with Gasteiger partial charge >= 0.3 is 6.16 Å². The summed E-state index contributed by atoms with van der Waals surface area (Å²) in [5.41, 5.74) is -0.108. The third-order valence-electron chi connectivity index (χ3n) is 3.90. The highest BCUT2D eigenvalue weighted by atomic mass is 16.7. The molecule has 2 aliphatic heterocycles. The summed E-state index contributed by atoms with van der Waals surface area (Å²) in [5.74, 6) is 0.494. The van der Waals surface area contributed by atoms with Crippen LogP contribution in [0.15, 0.2) is 30.3 Å². The molecule has 0 aromatic heterocycles. The molecule has 5 heteroatoms. The number of ether oxygens (including phenoxy) is 3. The second-order valence-corrected chi connectivity index (χ2v) is 5.35. The molecule has 3 rings (SSSR count). The number of hydrogen-bond donors (Lipinski definition) is 1. The van der Waals surface area contributed by atoms with Crippen molar-refractivity contribution in [3.8, 4) is 5.75 Å². The van der Waals surface area contributed by atoms with E-state index in [1.54, 1.807) is 12.1 Å². The van der Waals surface area contributed by atoms with Crippen molar-refractivity contribution in [1.82, 2.24) is 5.32 Å². The zero-order chi connectivity index (χ0) is 13.8. The van der Waals surface area contributed by atoms with Crippen molar-refractivity contribution in [2.75, 3.05) is 19.7 Å². The first-order chi connectivity index (χ1) is 9.76. The quantitative estimate of drug-likeness (QED) is 0.663. The topological polar surface area (TPSA) is 56.8 Å². The van der Waals surface area contributed by atoms with Crippen molar-refractivity contribution in [3.05, 3.63) is 30.3 Å². The zero-order valence-corrected chi connectivity index (χ0v) is 11.3. The Kier molecular flexibility index (Phi) is 3.89. The van der Waals surface area contributed by atoms with Crippen molar-refractivity contribution in [1.29, 1.82) is 0 Å². The predicted octanol–water partition coefficient (Wildman–Crippen LogP) is 2.11. The van der Waals surface area contributed by atoms with Gasteiger partial charge in [-0.15, -0.1) is 0 Å². The number of para-hydroxylation sites is 1. The number of carbonyl (C=O) groups is 1. The smallest absolute Gasteiger partial charge is 0.428 e. The Balaban J connectivity index is 1.50. The molecule has 1 unspecified atom stereocenters. The molecule has 0 aliphatic carbocycles. The highest BCUT2D eigenvalue weighted by Crippen LogP contribution is 2.35. The van der Waals surface area contributed by atoms with E-state index in [1.807, 2.05) is 18.2 Å². The predicted molar refractivity (Wildman–Crippen MR) is 72.7 cm³/mol. The number of rotatable bonds is 2. The summed E-state index contributed by atoms with van der Waals surface area (Å²) >= 11 is 0. The second kappa shape index (κ2) is 5.81. The maximum absolute atomic E-state index is 11.7. The van der Waals surface area contributed by atoms with Crippen LogP contribution in [-0.4, -0.2) is 37.6 Å². The molecule has 2 saturated heterocycles. The van der Waals surface area contributed by atoms with Gasteiger partial charge in [0.25, 0.3) is 0 Å². The van der Waals surface area contributed by atoms with Crippen molar-refractivity contribution in [2.45, 2.75) is 31.0 Å². The highest BCUT2D eigenvalue weighted by Gasteiger charge is 2.42. The number of carbonyl (C=O) groups excluding carboxylic acids is 1. The van der Waals surface area contributed by atoms with Gasteiger partial charge in [0.05, 0.1) is 12.2 Å². The summed E-state index contributed by atoms with van der Waals surface area (Å²) in [6.07, 6.45) is 1.85. The van der Waals surface area contributed by atoms with Crippen molar-refractivity contribution in [2.24, 2.45) is 0 Å². The van der Waals surface area contributed by atoms with Crippen LogP contribution in [-0.2, 0) is 9.47 Å². The standard InChI is InChI=1S/C15H19NO4/c17-14(19-12-4-2-1-3-5-12)20-13-10-15(18-11-13)6-8-16-9-7-15/h1-5,13,16H,6-11H2. The van der Waals surface area contributed by atoms with Gasteiger partial charge in [-0.05, 0) is 38.1 Å². The van der Waals surface area contributed by atoms with Gasteiger partial charge in [-0.1, -0.05) is 18.2 Å². The zero-order valence-electron chi connectivity index (χ0n) is 11.3. The molecule has 1 spiro atoms. The molecule has 20 heavy (non-hydrogen) atoms. The molecule has 0 amide bonds. The lowest BCUT2D eigenvalue weighted by atomic mass is 9.89. The minimum Gasteiger partial charge on any atom is -0.428 e. The van der Waals surface area contributed by atoms with Gasteiger partial charge in [0, 0.05) is 6.42 Å². The molecule has 1 aromatic carbocycles. The molecule has 1 N–H and O–H groups in total. The van der Waals surface area contributed by atoms with Crippen LogP contribution in [0.2, 0.25) is 0 Å².